The monoisotopic (exact) mass is 362 g/mol. The van der Waals surface area contributed by atoms with Crippen molar-refractivity contribution >= 4 is 28.2 Å². The minimum atomic E-state index is -0.511. The van der Waals surface area contributed by atoms with E-state index in [4.69, 9.17) is 0 Å². The predicted octanol–water partition coefficient (Wildman–Crippen LogP) is 3.45. The Morgan fingerprint density at radius 1 is 1.36 bits per heavy atom. The molecule has 6 nitrogen and oxygen atoms in total. The molecule has 0 bridgehead atoms. The molecule has 0 unspecified atom stereocenters. The lowest BCUT2D eigenvalue weighted by atomic mass is 9.96. The Hall–Kier alpha value is -2.15. The molecule has 0 aliphatic heterocycles. The lowest BCUT2D eigenvalue weighted by Crippen LogP contribution is -2.34. The van der Waals surface area contributed by atoms with Gasteiger partial charge < -0.3 is 10.6 Å². The van der Waals surface area contributed by atoms with Crippen molar-refractivity contribution < 1.29 is 9.59 Å². The molecule has 0 saturated carbocycles. The van der Waals surface area contributed by atoms with Gasteiger partial charge in [0, 0.05) is 35.3 Å². The van der Waals surface area contributed by atoms with Crippen LogP contribution in [0.25, 0.3) is 0 Å². The molecule has 0 aromatic carbocycles. The molecule has 25 heavy (non-hydrogen) atoms. The molecule has 1 atom stereocenters. The van der Waals surface area contributed by atoms with E-state index in [-0.39, 0.29) is 17.9 Å². The van der Waals surface area contributed by atoms with Crippen LogP contribution in [0.15, 0.2) is 24.5 Å². The van der Waals surface area contributed by atoms with Crippen LogP contribution in [0.4, 0.5) is 5.00 Å². The largest absolute Gasteiger partial charge is 0.349 e. The number of carbonyl (C=O) groups is 2. The van der Waals surface area contributed by atoms with Crippen molar-refractivity contribution in [1.82, 2.24) is 15.1 Å². The highest BCUT2D eigenvalue weighted by atomic mass is 32.1. The molecular weight excluding hydrogens is 336 g/mol. The highest BCUT2D eigenvalue weighted by Gasteiger charge is 2.24. The van der Waals surface area contributed by atoms with E-state index in [1.54, 1.807) is 6.20 Å². The summed E-state index contributed by atoms with van der Waals surface area (Å²) in [4.78, 5) is 25.8. The number of nitrogens with one attached hydrogen (secondary N) is 2. The number of hydrogen-bond donors (Lipinski definition) is 2. The number of amides is 2. The fraction of sp³-hybridized carbons (Fsp3) is 0.500. The zero-order valence-electron chi connectivity index (χ0n) is 15.4. The zero-order chi connectivity index (χ0) is 18.6. The summed E-state index contributed by atoms with van der Waals surface area (Å²) in [6.45, 7) is 10.2. The summed E-state index contributed by atoms with van der Waals surface area (Å²) in [6, 6.07) is 3.70. The van der Waals surface area contributed by atoms with Crippen LogP contribution < -0.4 is 10.6 Å². The van der Waals surface area contributed by atoms with E-state index >= 15 is 0 Å². The van der Waals surface area contributed by atoms with Crippen LogP contribution in [0.3, 0.4) is 0 Å². The van der Waals surface area contributed by atoms with E-state index in [1.165, 1.54) is 11.3 Å². The Kier molecular flexibility index (Phi) is 6.00. The normalized spacial score (nSPS) is 12.7. The van der Waals surface area contributed by atoms with Crippen LogP contribution in [0.1, 0.15) is 49.4 Å². The molecule has 0 aliphatic rings. The molecule has 0 saturated heterocycles. The Balaban J connectivity index is 2.00. The number of rotatable bonds is 6. The number of aromatic nitrogens is 2. The Bertz CT molecular complexity index is 729. The molecule has 136 valence electrons. The van der Waals surface area contributed by atoms with Gasteiger partial charge in [0.15, 0.2) is 0 Å². The SMILES string of the molecule is Cc1cc(C(=O)N[C@H](C)CCn2cccn2)c(NC(=O)C(C)(C)C)s1. The molecule has 2 N–H and O–H groups in total. The number of aryl methyl sites for hydroxylation is 2. The van der Waals surface area contributed by atoms with Crippen LogP contribution in [-0.2, 0) is 11.3 Å². The van der Waals surface area contributed by atoms with E-state index in [1.807, 2.05) is 57.6 Å². The topological polar surface area (TPSA) is 76.0 Å². The van der Waals surface area contributed by atoms with Gasteiger partial charge in [0.1, 0.15) is 5.00 Å². The maximum Gasteiger partial charge on any atom is 0.254 e. The maximum atomic E-state index is 12.6. The van der Waals surface area contributed by atoms with E-state index in [0.29, 0.717) is 10.6 Å². The summed E-state index contributed by atoms with van der Waals surface area (Å²) < 4.78 is 1.84. The van der Waals surface area contributed by atoms with Gasteiger partial charge in [-0.1, -0.05) is 20.8 Å². The van der Waals surface area contributed by atoms with E-state index < -0.39 is 5.41 Å². The van der Waals surface area contributed by atoms with E-state index in [2.05, 4.69) is 15.7 Å². The van der Waals surface area contributed by atoms with Crippen molar-refractivity contribution in [3.8, 4) is 0 Å². The van der Waals surface area contributed by atoms with E-state index in [9.17, 15) is 9.59 Å². The van der Waals surface area contributed by atoms with Crippen molar-refractivity contribution in [1.29, 1.82) is 0 Å². The Labute approximate surface area is 152 Å². The molecule has 0 aliphatic carbocycles. The minimum absolute atomic E-state index is 0.00285. The first-order valence-electron chi connectivity index (χ1n) is 8.37. The third-order valence-electron chi connectivity index (χ3n) is 3.74. The molecule has 7 heteroatoms. The summed E-state index contributed by atoms with van der Waals surface area (Å²) in [5.41, 5.74) is 0.00827. The molecule has 2 aromatic heterocycles. The van der Waals surface area contributed by atoms with Crippen LogP contribution in [0.5, 0.6) is 0 Å². The molecule has 0 fully saturated rings. The maximum absolute atomic E-state index is 12.6. The molecule has 0 spiro atoms. The first-order valence-corrected chi connectivity index (χ1v) is 9.18. The second kappa shape index (κ2) is 7.82. The van der Waals surface area contributed by atoms with Crippen LogP contribution in [-0.4, -0.2) is 27.6 Å². The van der Waals surface area contributed by atoms with Gasteiger partial charge in [-0.3, -0.25) is 14.3 Å². The van der Waals surface area contributed by atoms with Crippen molar-refractivity contribution in [2.75, 3.05) is 5.32 Å². The molecule has 0 radical (unpaired) electrons. The van der Waals surface area contributed by atoms with Gasteiger partial charge in [0.2, 0.25) is 5.91 Å². The lowest BCUT2D eigenvalue weighted by Gasteiger charge is -2.18. The zero-order valence-corrected chi connectivity index (χ0v) is 16.2. The standard InChI is InChI=1S/C18H26N4O2S/c1-12(7-10-22-9-6-8-19-22)20-15(23)14-11-13(2)25-16(14)21-17(24)18(3,4)5/h6,8-9,11-12H,7,10H2,1-5H3,(H,20,23)(H,21,24)/t12-/m1/s1. The second-order valence-electron chi connectivity index (χ2n) is 7.24. The first kappa shape index (κ1) is 19.2. The van der Waals surface area contributed by atoms with Crippen molar-refractivity contribution in [3.05, 3.63) is 35.0 Å². The fourth-order valence-corrected chi connectivity index (χ4v) is 3.10. The minimum Gasteiger partial charge on any atom is -0.349 e. The molecular formula is C18H26N4O2S. The van der Waals surface area contributed by atoms with Gasteiger partial charge in [-0.15, -0.1) is 11.3 Å². The Morgan fingerprint density at radius 3 is 2.68 bits per heavy atom. The average molecular weight is 362 g/mol. The smallest absolute Gasteiger partial charge is 0.254 e. The second-order valence-corrected chi connectivity index (χ2v) is 8.49. The summed E-state index contributed by atoms with van der Waals surface area (Å²) in [5, 5.41) is 10.6. The van der Waals surface area contributed by atoms with Crippen LogP contribution >= 0.6 is 11.3 Å². The van der Waals surface area contributed by atoms with Crippen molar-refractivity contribution in [2.24, 2.45) is 5.41 Å². The molecule has 2 heterocycles. The lowest BCUT2D eigenvalue weighted by molar-refractivity contribution is -0.123. The molecule has 2 amide bonds. The fourth-order valence-electron chi connectivity index (χ4n) is 2.20. The number of carbonyl (C=O) groups excluding carboxylic acids is 2. The average Bonchev–Trinajstić information content (AvgIpc) is 3.13. The van der Waals surface area contributed by atoms with Crippen LogP contribution in [0.2, 0.25) is 0 Å². The number of nitrogens with zero attached hydrogens (tertiary/aromatic N) is 2. The quantitative estimate of drug-likeness (QED) is 0.826. The van der Waals surface area contributed by atoms with Gasteiger partial charge in [-0.2, -0.15) is 5.10 Å². The van der Waals surface area contributed by atoms with Crippen molar-refractivity contribution in [3.63, 3.8) is 0 Å². The van der Waals surface area contributed by atoms with Crippen molar-refractivity contribution in [2.45, 2.75) is 53.6 Å². The molecule has 2 rings (SSSR count). The Morgan fingerprint density at radius 2 is 2.08 bits per heavy atom. The predicted molar refractivity (Wildman–Crippen MR) is 101 cm³/mol. The van der Waals surface area contributed by atoms with Gasteiger partial charge in [0.05, 0.1) is 5.56 Å². The summed E-state index contributed by atoms with van der Waals surface area (Å²) in [5.74, 6) is -0.267. The van der Waals surface area contributed by atoms with Crippen LogP contribution in [0, 0.1) is 12.3 Å². The third kappa shape index (κ3) is 5.42. The highest BCUT2D eigenvalue weighted by molar-refractivity contribution is 7.16. The number of hydrogen-bond acceptors (Lipinski definition) is 4. The van der Waals surface area contributed by atoms with Gasteiger partial charge in [-0.25, -0.2) is 0 Å². The summed E-state index contributed by atoms with van der Waals surface area (Å²) in [7, 11) is 0. The highest BCUT2D eigenvalue weighted by Crippen LogP contribution is 2.29. The third-order valence-corrected chi connectivity index (χ3v) is 4.70. The van der Waals surface area contributed by atoms with Gasteiger partial charge in [0.25, 0.3) is 5.91 Å². The molecule has 2 aromatic rings. The summed E-state index contributed by atoms with van der Waals surface area (Å²) in [6.07, 6.45) is 4.42. The first-order chi connectivity index (χ1) is 11.7. The van der Waals surface area contributed by atoms with Gasteiger partial charge >= 0.3 is 0 Å². The number of thiophene rings is 1. The summed E-state index contributed by atoms with van der Waals surface area (Å²) >= 11 is 1.42. The number of anilines is 1. The van der Waals surface area contributed by atoms with E-state index in [0.717, 1.165) is 17.8 Å². The van der Waals surface area contributed by atoms with Gasteiger partial charge in [-0.05, 0) is 32.4 Å².